The highest BCUT2D eigenvalue weighted by Gasteiger charge is 2.25. The molecule has 4 nitrogen and oxygen atoms in total. The number of nitrogens with two attached hydrogens (primary N) is 1. The Bertz CT molecular complexity index is 247. The van der Waals surface area contributed by atoms with Gasteiger partial charge in [-0.3, -0.25) is 4.79 Å². The zero-order valence-corrected chi connectivity index (χ0v) is 12.2. The Balaban J connectivity index is 2.31. The second kappa shape index (κ2) is 7.74. The van der Waals surface area contributed by atoms with Crippen molar-refractivity contribution in [1.29, 1.82) is 0 Å². The molecule has 1 rings (SSSR count). The molecule has 1 atom stereocenters. The lowest BCUT2D eigenvalue weighted by Gasteiger charge is -2.34. The molecule has 0 aromatic rings. The molecule has 18 heavy (non-hydrogen) atoms. The summed E-state index contributed by atoms with van der Waals surface area (Å²) in [4.78, 5) is 16.5. The third-order valence-electron chi connectivity index (χ3n) is 3.81. The van der Waals surface area contributed by atoms with E-state index in [1.165, 1.54) is 0 Å². The van der Waals surface area contributed by atoms with Crippen molar-refractivity contribution in [3.8, 4) is 0 Å². The fourth-order valence-electron chi connectivity index (χ4n) is 2.71. The minimum atomic E-state index is 0.138. The topological polar surface area (TPSA) is 49.6 Å². The van der Waals surface area contributed by atoms with Crippen LogP contribution in [0.2, 0.25) is 0 Å². The fourth-order valence-corrected chi connectivity index (χ4v) is 2.71. The largest absolute Gasteiger partial charge is 0.342 e. The van der Waals surface area contributed by atoms with Gasteiger partial charge in [-0.2, -0.15) is 0 Å². The molecular weight excluding hydrogens is 226 g/mol. The number of hydrogen-bond acceptors (Lipinski definition) is 3. The van der Waals surface area contributed by atoms with Crippen LogP contribution >= 0.6 is 0 Å². The maximum atomic E-state index is 12.2. The van der Waals surface area contributed by atoms with Crippen molar-refractivity contribution in [3.63, 3.8) is 0 Å². The number of piperidine rings is 1. The summed E-state index contributed by atoms with van der Waals surface area (Å²) in [6, 6.07) is 0. The van der Waals surface area contributed by atoms with Crippen LogP contribution in [-0.4, -0.2) is 56.0 Å². The van der Waals surface area contributed by atoms with Gasteiger partial charge in [-0.25, -0.2) is 0 Å². The molecule has 1 fully saturated rings. The lowest BCUT2D eigenvalue weighted by Crippen LogP contribution is -2.42. The fraction of sp³-hybridized carbons (Fsp3) is 0.929. The normalized spacial score (nSPS) is 19.3. The molecule has 0 aromatic carbocycles. The van der Waals surface area contributed by atoms with Gasteiger partial charge in [-0.15, -0.1) is 0 Å². The van der Waals surface area contributed by atoms with E-state index in [2.05, 4.69) is 19.0 Å². The molecule has 1 saturated heterocycles. The lowest BCUT2D eigenvalue weighted by atomic mass is 9.94. The molecule has 2 N–H and O–H groups in total. The summed E-state index contributed by atoms with van der Waals surface area (Å²) in [6.45, 7) is 5.73. The quantitative estimate of drug-likeness (QED) is 0.775. The summed E-state index contributed by atoms with van der Waals surface area (Å²) < 4.78 is 0. The Morgan fingerprint density at radius 3 is 2.50 bits per heavy atom. The van der Waals surface area contributed by atoms with Gasteiger partial charge in [0, 0.05) is 25.6 Å². The van der Waals surface area contributed by atoms with Gasteiger partial charge in [0.25, 0.3) is 0 Å². The van der Waals surface area contributed by atoms with Gasteiger partial charge in [0.15, 0.2) is 0 Å². The van der Waals surface area contributed by atoms with Gasteiger partial charge in [0.2, 0.25) is 5.91 Å². The number of nitrogens with zero attached hydrogens (tertiary/aromatic N) is 2. The summed E-state index contributed by atoms with van der Waals surface area (Å²) in [5, 5.41) is 0. The molecule has 0 spiro atoms. The molecular formula is C14H29N3O. The Kier molecular flexibility index (Phi) is 6.65. The Labute approximate surface area is 111 Å². The van der Waals surface area contributed by atoms with Crippen LogP contribution in [0.5, 0.6) is 0 Å². The van der Waals surface area contributed by atoms with E-state index in [1.807, 2.05) is 11.8 Å². The molecule has 0 saturated carbocycles. The number of likely N-dealkylation sites (tertiary alicyclic amines) is 1. The van der Waals surface area contributed by atoms with E-state index < -0.39 is 0 Å². The molecule has 1 heterocycles. The van der Waals surface area contributed by atoms with Crippen LogP contribution in [0, 0.1) is 11.8 Å². The third-order valence-corrected chi connectivity index (χ3v) is 3.81. The van der Waals surface area contributed by atoms with Crippen molar-refractivity contribution >= 4 is 5.91 Å². The number of hydrogen-bond donors (Lipinski definition) is 1. The van der Waals surface area contributed by atoms with Crippen LogP contribution in [0.15, 0.2) is 0 Å². The highest BCUT2D eigenvalue weighted by atomic mass is 16.2. The Morgan fingerprint density at radius 1 is 1.39 bits per heavy atom. The van der Waals surface area contributed by atoms with E-state index in [-0.39, 0.29) is 5.92 Å². The van der Waals surface area contributed by atoms with E-state index in [0.717, 1.165) is 51.2 Å². The maximum absolute atomic E-state index is 12.2. The minimum absolute atomic E-state index is 0.138. The minimum Gasteiger partial charge on any atom is -0.342 e. The standard InChI is InChI=1S/C14H29N3O/c1-12(5-4-8-15)14(18)17-9-6-13(7-10-17)11-16(2)3/h12-13H,4-11,15H2,1-3H3. The molecule has 0 aliphatic carbocycles. The van der Waals surface area contributed by atoms with Crippen LogP contribution in [0.4, 0.5) is 0 Å². The van der Waals surface area contributed by atoms with Crippen LogP contribution in [0.3, 0.4) is 0 Å². The first-order valence-corrected chi connectivity index (χ1v) is 7.18. The summed E-state index contributed by atoms with van der Waals surface area (Å²) in [5.41, 5.74) is 5.49. The molecule has 0 radical (unpaired) electrons. The average Bonchev–Trinajstić information content (AvgIpc) is 2.35. The van der Waals surface area contributed by atoms with Crippen molar-refractivity contribution in [2.45, 2.75) is 32.6 Å². The highest BCUT2D eigenvalue weighted by Crippen LogP contribution is 2.20. The molecule has 1 amide bonds. The second-order valence-electron chi connectivity index (χ2n) is 5.86. The van der Waals surface area contributed by atoms with Crippen molar-refractivity contribution in [2.24, 2.45) is 17.6 Å². The first-order chi connectivity index (χ1) is 8.54. The van der Waals surface area contributed by atoms with Gasteiger partial charge >= 0.3 is 0 Å². The average molecular weight is 255 g/mol. The maximum Gasteiger partial charge on any atom is 0.225 e. The molecule has 1 aliphatic rings. The number of amides is 1. The molecule has 0 bridgehead atoms. The predicted octanol–water partition coefficient (Wildman–Crippen LogP) is 1.16. The monoisotopic (exact) mass is 255 g/mol. The van der Waals surface area contributed by atoms with E-state index in [9.17, 15) is 4.79 Å². The number of rotatable bonds is 6. The third kappa shape index (κ3) is 4.94. The molecule has 1 aliphatic heterocycles. The lowest BCUT2D eigenvalue weighted by molar-refractivity contribution is -0.136. The first kappa shape index (κ1) is 15.4. The van der Waals surface area contributed by atoms with E-state index >= 15 is 0 Å². The van der Waals surface area contributed by atoms with Crippen molar-refractivity contribution in [3.05, 3.63) is 0 Å². The summed E-state index contributed by atoms with van der Waals surface area (Å²) >= 11 is 0. The van der Waals surface area contributed by atoms with Gasteiger partial charge in [-0.1, -0.05) is 6.92 Å². The van der Waals surface area contributed by atoms with E-state index in [0.29, 0.717) is 12.5 Å². The SMILES string of the molecule is CC(CCCN)C(=O)N1CCC(CN(C)C)CC1. The first-order valence-electron chi connectivity index (χ1n) is 7.18. The Hall–Kier alpha value is -0.610. The van der Waals surface area contributed by atoms with Crippen LogP contribution in [-0.2, 0) is 4.79 Å². The van der Waals surface area contributed by atoms with Crippen LogP contribution < -0.4 is 5.73 Å². The molecule has 1 unspecified atom stereocenters. The molecule has 106 valence electrons. The van der Waals surface area contributed by atoms with Gasteiger partial charge in [-0.05, 0) is 52.2 Å². The van der Waals surface area contributed by atoms with E-state index in [4.69, 9.17) is 5.73 Å². The molecule has 0 aromatic heterocycles. The zero-order chi connectivity index (χ0) is 13.5. The van der Waals surface area contributed by atoms with Crippen molar-refractivity contribution in [1.82, 2.24) is 9.80 Å². The zero-order valence-electron chi connectivity index (χ0n) is 12.2. The summed E-state index contributed by atoms with van der Waals surface area (Å²) in [6.07, 6.45) is 4.16. The summed E-state index contributed by atoms with van der Waals surface area (Å²) in [5.74, 6) is 1.22. The van der Waals surface area contributed by atoms with Gasteiger partial charge < -0.3 is 15.5 Å². The van der Waals surface area contributed by atoms with Crippen LogP contribution in [0.25, 0.3) is 0 Å². The highest BCUT2D eigenvalue weighted by molar-refractivity contribution is 5.78. The Morgan fingerprint density at radius 2 is 2.00 bits per heavy atom. The van der Waals surface area contributed by atoms with Crippen molar-refractivity contribution in [2.75, 3.05) is 40.3 Å². The van der Waals surface area contributed by atoms with Crippen LogP contribution in [0.1, 0.15) is 32.6 Å². The van der Waals surface area contributed by atoms with Gasteiger partial charge in [0.05, 0.1) is 0 Å². The summed E-state index contributed by atoms with van der Waals surface area (Å²) in [7, 11) is 4.23. The van der Waals surface area contributed by atoms with E-state index in [1.54, 1.807) is 0 Å². The molecule has 4 heteroatoms. The van der Waals surface area contributed by atoms with Gasteiger partial charge in [0.1, 0.15) is 0 Å². The predicted molar refractivity (Wildman–Crippen MR) is 75.3 cm³/mol. The number of carbonyl (C=O) groups excluding carboxylic acids is 1. The number of carbonyl (C=O) groups is 1. The second-order valence-corrected chi connectivity index (χ2v) is 5.86. The smallest absolute Gasteiger partial charge is 0.225 e. The van der Waals surface area contributed by atoms with Crippen molar-refractivity contribution < 1.29 is 4.79 Å².